The largest absolute Gasteiger partial charge is 0.492 e. The molecule has 90 valence electrons. The lowest BCUT2D eigenvalue weighted by molar-refractivity contribution is 0.336. The lowest BCUT2D eigenvalue weighted by Crippen LogP contribution is -2.32. The zero-order chi connectivity index (χ0) is 12.6. The fraction of sp³-hybridized carbons (Fsp3) is 0.222. The van der Waals surface area contributed by atoms with E-state index in [4.69, 9.17) is 4.52 Å². The summed E-state index contributed by atoms with van der Waals surface area (Å²) in [6.45, 7) is 1.45. The van der Waals surface area contributed by atoms with Crippen molar-refractivity contribution in [3.63, 3.8) is 0 Å². The van der Waals surface area contributed by atoms with Crippen LogP contribution in [0.25, 0.3) is 0 Å². The van der Waals surface area contributed by atoms with Crippen LogP contribution in [-0.2, 0) is 6.54 Å². The Hall–Kier alpha value is -2.38. The van der Waals surface area contributed by atoms with Crippen LogP contribution in [0.3, 0.4) is 0 Å². The van der Waals surface area contributed by atoms with Crippen molar-refractivity contribution in [3.8, 4) is 5.88 Å². The second kappa shape index (κ2) is 3.89. The van der Waals surface area contributed by atoms with E-state index in [9.17, 15) is 19.1 Å². The Morgan fingerprint density at radius 2 is 2.29 bits per heavy atom. The van der Waals surface area contributed by atoms with Crippen molar-refractivity contribution in [2.45, 2.75) is 13.5 Å². The summed E-state index contributed by atoms with van der Waals surface area (Å²) in [6, 6.07) is 1.52. The van der Waals surface area contributed by atoms with Gasteiger partial charge in [-0.15, -0.1) is 0 Å². The minimum atomic E-state index is -1.42. The van der Waals surface area contributed by atoms with Gasteiger partial charge >= 0.3 is 5.69 Å². The van der Waals surface area contributed by atoms with Crippen molar-refractivity contribution in [1.29, 1.82) is 0 Å². The molecule has 0 unspecified atom stereocenters. The maximum atomic E-state index is 13.1. The number of hydrogen-bond acceptors (Lipinski definition) is 5. The second-order valence-corrected chi connectivity index (χ2v) is 3.42. The number of nitrogens with one attached hydrogen (secondary N) is 1. The van der Waals surface area contributed by atoms with Crippen molar-refractivity contribution in [1.82, 2.24) is 14.7 Å². The first-order chi connectivity index (χ1) is 7.99. The van der Waals surface area contributed by atoms with E-state index in [2.05, 4.69) is 5.16 Å². The van der Waals surface area contributed by atoms with Gasteiger partial charge < -0.3 is 9.63 Å². The predicted octanol–water partition coefficient (Wildman–Crippen LogP) is -0.274. The lowest BCUT2D eigenvalue weighted by Gasteiger charge is -2.04. The third-order valence-corrected chi connectivity index (χ3v) is 2.11. The number of aromatic nitrogens is 3. The first-order valence-corrected chi connectivity index (χ1v) is 4.63. The number of aromatic amines is 1. The summed E-state index contributed by atoms with van der Waals surface area (Å²) in [7, 11) is 0. The summed E-state index contributed by atoms with van der Waals surface area (Å²) in [4.78, 5) is 23.9. The molecule has 8 heteroatoms. The maximum absolute atomic E-state index is 13.1. The summed E-state index contributed by atoms with van der Waals surface area (Å²) in [6.07, 6.45) is 0. The highest BCUT2D eigenvalue weighted by molar-refractivity contribution is 5.12. The number of H-pyrrole nitrogens is 1. The van der Waals surface area contributed by atoms with Crippen LogP contribution in [-0.4, -0.2) is 19.8 Å². The number of aromatic hydroxyl groups is 1. The molecule has 2 rings (SSSR count). The van der Waals surface area contributed by atoms with Crippen molar-refractivity contribution < 1.29 is 14.0 Å². The molecule has 0 aliphatic rings. The minimum Gasteiger partial charge on any atom is -0.492 e. The normalized spacial score (nSPS) is 10.7. The Morgan fingerprint density at radius 1 is 1.59 bits per heavy atom. The monoisotopic (exact) mass is 241 g/mol. The van der Waals surface area contributed by atoms with Gasteiger partial charge in [0.05, 0.1) is 12.2 Å². The first kappa shape index (κ1) is 11.1. The zero-order valence-corrected chi connectivity index (χ0v) is 8.73. The third-order valence-electron chi connectivity index (χ3n) is 2.11. The highest BCUT2D eigenvalue weighted by Crippen LogP contribution is 2.11. The Kier molecular flexibility index (Phi) is 2.54. The molecule has 0 bridgehead atoms. The summed E-state index contributed by atoms with van der Waals surface area (Å²) < 4.78 is 18.5. The number of halogens is 1. The van der Waals surface area contributed by atoms with Gasteiger partial charge in [0.15, 0.2) is 5.76 Å². The molecule has 0 amide bonds. The fourth-order valence-corrected chi connectivity index (χ4v) is 1.33. The molecular weight excluding hydrogens is 233 g/mol. The lowest BCUT2D eigenvalue weighted by atomic mass is 10.4. The molecule has 7 nitrogen and oxygen atoms in total. The van der Waals surface area contributed by atoms with E-state index >= 15 is 0 Å². The molecule has 0 aromatic carbocycles. The quantitative estimate of drug-likeness (QED) is 0.753. The number of aryl methyl sites for hydroxylation is 1. The fourth-order valence-electron chi connectivity index (χ4n) is 1.33. The summed E-state index contributed by atoms with van der Waals surface area (Å²) in [5.74, 6) is -2.19. The highest BCUT2D eigenvalue weighted by atomic mass is 19.1. The van der Waals surface area contributed by atoms with Gasteiger partial charge in [0, 0.05) is 6.07 Å². The topological polar surface area (TPSA) is 101 Å². The van der Waals surface area contributed by atoms with Crippen molar-refractivity contribution in [2.24, 2.45) is 0 Å². The molecule has 0 aliphatic carbocycles. The molecule has 2 aromatic heterocycles. The second-order valence-electron chi connectivity index (χ2n) is 3.42. The van der Waals surface area contributed by atoms with Crippen LogP contribution in [0.1, 0.15) is 11.5 Å². The van der Waals surface area contributed by atoms with Crippen molar-refractivity contribution in [2.75, 3.05) is 0 Å². The van der Waals surface area contributed by atoms with Crippen LogP contribution in [0.2, 0.25) is 0 Å². The molecule has 0 aliphatic heterocycles. The summed E-state index contributed by atoms with van der Waals surface area (Å²) in [5, 5.41) is 12.9. The minimum absolute atomic E-state index is 0.223. The van der Waals surface area contributed by atoms with Crippen molar-refractivity contribution in [3.05, 3.63) is 44.2 Å². The van der Waals surface area contributed by atoms with Gasteiger partial charge in [-0.05, 0) is 6.92 Å². The molecule has 0 radical (unpaired) electrons. The molecule has 0 saturated heterocycles. The van der Waals surface area contributed by atoms with E-state index in [-0.39, 0.29) is 12.3 Å². The molecule has 2 heterocycles. The Morgan fingerprint density at radius 3 is 2.88 bits per heavy atom. The van der Waals surface area contributed by atoms with E-state index < -0.39 is 22.9 Å². The SMILES string of the molecule is Cc1cc(Cn2c(O)c(F)c(=O)[nH]c2=O)on1. The van der Waals surface area contributed by atoms with Gasteiger partial charge in [0.1, 0.15) is 0 Å². The zero-order valence-electron chi connectivity index (χ0n) is 8.73. The first-order valence-electron chi connectivity index (χ1n) is 4.63. The van der Waals surface area contributed by atoms with E-state index in [1.54, 1.807) is 11.9 Å². The Labute approximate surface area is 93.1 Å². The Bertz CT molecular complexity index is 670. The molecule has 17 heavy (non-hydrogen) atoms. The van der Waals surface area contributed by atoms with E-state index in [0.29, 0.717) is 10.3 Å². The standard InChI is InChI=1S/C9H8FN3O4/c1-4-2-5(17-12-4)3-13-8(15)6(10)7(14)11-9(13)16/h2,15H,3H2,1H3,(H,11,14,16). The number of rotatable bonds is 2. The molecule has 2 N–H and O–H groups in total. The number of hydrogen-bond donors (Lipinski definition) is 2. The van der Waals surface area contributed by atoms with Crippen LogP contribution >= 0.6 is 0 Å². The molecule has 2 aromatic rings. The average Bonchev–Trinajstić information content (AvgIpc) is 2.67. The Balaban J connectivity index is 2.50. The van der Waals surface area contributed by atoms with Crippen LogP contribution in [0.15, 0.2) is 20.2 Å². The van der Waals surface area contributed by atoms with Crippen LogP contribution < -0.4 is 11.2 Å². The van der Waals surface area contributed by atoms with E-state index in [1.807, 2.05) is 0 Å². The number of nitrogens with zero attached hydrogens (tertiary/aromatic N) is 2. The van der Waals surface area contributed by atoms with E-state index in [1.165, 1.54) is 6.07 Å². The van der Waals surface area contributed by atoms with Crippen LogP contribution in [0.4, 0.5) is 4.39 Å². The summed E-state index contributed by atoms with van der Waals surface area (Å²) >= 11 is 0. The van der Waals surface area contributed by atoms with Gasteiger partial charge in [0.25, 0.3) is 5.56 Å². The van der Waals surface area contributed by atoms with Crippen LogP contribution in [0, 0.1) is 12.7 Å². The van der Waals surface area contributed by atoms with Gasteiger partial charge in [-0.1, -0.05) is 5.16 Å². The van der Waals surface area contributed by atoms with E-state index in [0.717, 1.165) is 0 Å². The molecule has 0 fully saturated rings. The average molecular weight is 241 g/mol. The van der Waals surface area contributed by atoms with Gasteiger partial charge in [0.2, 0.25) is 11.7 Å². The molecule has 0 saturated carbocycles. The summed E-state index contributed by atoms with van der Waals surface area (Å²) in [5.41, 5.74) is -1.61. The van der Waals surface area contributed by atoms with Crippen molar-refractivity contribution >= 4 is 0 Å². The third kappa shape index (κ3) is 1.96. The van der Waals surface area contributed by atoms with Crippen LogP contribution in [0.5, 0.6) is 5.88 Å². The molecule has 0 spiro atoms. The van der Waals surface area contributed by atoms with Gasteiger partial charge in [-0.25, -0.2) is 4.79 Å². The van der Waals surface area contributed by atoms with Gasteiger partial charge in [-0.3, -0.25) is 14.3 Å². The highest BCUT2D eigenvalue weighted by Gasteiger charge is 2.15. The predicted molar refractivity (Wildman–Crippen MR) is 53.3 cm³/mol. The molecule has 0 atom stereocenters. The molecular formula is C9H8FN3O4. The maximum Gasteiger partial charge on any atom is 0.331 e. The smallest absolute Gasteiger partial charge is 0.331 e. The van der Waals surface area contributed by atoms with Gasteiger partial charge in [-0.2, -0.15) is 4.39 Å².